The van der Waals surface area contributed by atoms with Crippen molar-refractivity contribution in [3.05, 3.63) is 57.6 Å². The van der Waals surface area contributed by atoms with Gasteiger partial charge in [-0.05, 0) is 36.4 Å². The molecular weight excluding hydrogens is 391 g/mol. The van der Waals surface area contributed by atoms with E-state index < -0.39 is 11.9 Å². The van der Waals surface area contributed by atoms with Crippen LogP contribution in [0.2, 0.25) is 10.0 Å². The first-order valence-corrected chi connectivity index (χ1v) is 9.06. The fraction of sp³-hybridized carbons (Fsp3) is 0.263. The van der Waals surface area contributed by atoms with Gasteiger partial charge in [0.05, 0.1) is 47.8 Å². The molecule has 0 atom stereocenters. The number of amides is 1. The number of rotatable bonds is 4. The largest absolute Gasteiger partial charge is 0.465 e. The molecule has 0 unspecified atom stereocenters. The molecule has 1 aliphatic heterocycles. The second kappa shape index (κ2) is 8.61. The molecular formula is C19H18Cl2N2O4. The number of hydrogen-bond acceptors (Lipinski definition) is 5. The first-order valence-electron chi connectivity index (χ1n) is 8.31. The fourth-order valence-corrected chi connectivity index (χ4v) is 3.32. The van der Waals surface area contributed by atoms with Gasteiger partial charge in [0, 0.05) is 18.1 Å². The number of halogens is 2. The number of carbonyl (C=O) groups excluding carboxylic acids is 2. The van der Waals surface area contributed by atoms with E-state index in [0.29, 0.717) is 42.6 Å². The lowest BCUT2D eigenvalue weighted by Gasteiger charge is -2.30. The van der Waals surface area contributed by atoms with Crippen LogP contribution in [0.25, 0.3) is 0 Å². The quantitative estimate of drug-likeness (QED) is 0.777. The molecule has 1 fully saturated rings. The normalized spacial score (nSPS) is 14.0. The van der Waals surface area contributed by atoms with Gasteiger partial charge in [0.1, 0.15) is 0 Å². The third kappa shape index (κ3) is 4.53. The van der Waals surface area contributed by atoms with E-state index in [0.717, 1.165) is 5.69 Å². The van der Waals surface area contributed by atoms with Crippen molar-refractivity contribution in [2.45, 2.75) is 0 Å². The second-order valence-electron chi connectivity index (χ2n) is 5.90. The molecule has 0 spiro atoms. The Bertz CT molecular complexity index is 867. The smallest absolute Gasteiger partial charge is 0.337 e. The Morgan fingerprint density at radius 2 is 1.85 bits per heavy atom. The summed E-state index contributed by atoms with van der Waals surface area (Å²) in [5, 5.41) is 3.54. The molecule has 8 heteroatoms. The summed E-state index contributed by atoms with van der Waals surface area (Å²) < 4.78 is 10.2. The Labute approximate surface area is 167 Å². The SMILES string of the molecule is COC(=O)c1ccc(N2CCOCC2)c(NC(=O)c2ccc(Cl)cc2Cl)c1. The maximum atomic E-state index is 12.7. The van der Waals surface area contributed by atoms with E-state index in [-0.39, 0.29) is 10.6 Å². The number of esters is 1. The van der Waals surface area contributed by atoms with Crippen LogP contribution >= 0.6 is 23.2 Å². The van der Waals surface area contributed by atoms with Crippen LogP contribution in [0.1, 0.15) is 20.7 Å². The Balaban J connectivity index is 1.94. The highest BCUT2D eigenvalue weighted by molar-refractivity contribution is 6.37. The lowest BCUT2D eigenvalue weighted by Crippen LogP contribution is -2.36. The van der Waals surface area contributed by atoms with Gasteiger partial charge >= 0.3 is 5.97 Å². The topological polar surface area (TPSA) is 67.9 Å². The molecule has 6 nitrogen and oxygen atoms in total. The van der Waals surface area contributed by atoms with Crippen molar-refractivity contribution in [1.29, 1.82) is 0 Å². The number of carbonyl (C=O) groups is 2. The van der Waals surface area contributed by atoms with Gasteiger partial charge in [-0.15, -0.1) is 0 Å². The summed E-state index contributed by atoms with van der Waals surface area (Å²) in [7, 11) is 1.31. The number of anilines is 2. The highest BCUT2D eigenvalue weighted by Gasteiger charge is 2.20. The van der Waals surface area contributed by atoms with Crippen molar-refractivity contribution < 1.29 is 19.1 Å². The van der Waals surface area contributed by atoms with Crippen LogP contribution in [0.15, 0.2) is 36.4 Å². The van der Waals surface area contributed by atoms with Gasteiger partial charge in [0.15, 0.2) is 0 Å². The molecule has 1 saturated heterocycles. The highest BCUT2D eigenvalue weighted by atomic mass is 35.5. The third-order valence-electron chi connectivity index (χ3n) is 4.19. The first-order chi connectivity index (χ1) is 13.0. The van der Waals surface area contributed by atoms with E-state index in [4.69, 9.17) is 32.7 Å². The van der Waals surface area contributed by atoms with Gasteiger partial charge < -0.3 is 19.7 Å². The Kier molecular flexibility index (Phi) is 6.21. The van der Waals surface area contributed by atoms with E-state index in [2.05, 4.69) is 10.2 Å². The number of nitrogens with zero attached hydrogens (tertiary/aromatic N) is 1. The lowest BCUT2D eigenvalue weighted by molar-refractivity contribution is 0.0600. The van der Waals surface area contributed by atoms with Gasteiger partial charge in [0.2, 0.25) is 0 Å². The Morgan fingerprint density at radius 3 is 2.52 bits per heavy atom. The van der Waals surface area contributed by atoms with Gasteiger partial charge in [-0.2, -0.15) is 0 Å². The minimum Gasteiger partial charge on any atom is -0.465 e. The lowest BCUT2D eigenvalue weighted by atomic mass is 10.1. The summed E-state index contributed by atoms with van der Waals surface area (Å²) >= 11 is 12.0. The number of morpholine rings is 1. The van der Waals surface area contributed by atoms with Gasteiger partial charge in [-0.3, -0.25) is 4.79 Å². The highest BCUT2D eigenvalue weighted by Crippen LogP contribution is 2.30. The average Bonchev–Trinajstić information content (AvgIpc) is 2.67. The van der Waals surface area contributed by atoms with Gasteiger partial charge in [-0.1, -0.05) is 23.2 Å². The zero-order valence-corrected chi connectivity index (χ0v) is 16.1. The van der Waals surface area contributed by atoms with Crippen LogP contribution < -0.4 is 10.2 Å². The molecule has 3 rings (SSSR count). The molecule has 0 bridgehead atoms. The van der Waals surface area contributed by atoms with Crippen LogP contribution in [0.5, 0.6) is 0 Å². The molecule has 1 amide bonds. The molecule has 1 N–H and O–H groups in total. The summed E-state index contributed by atoms with van der Waals surface area (Å²) in [4.78, 5) is 26.7. The second-order valence-corrected chi connectivity index (χ2v) is 6.74. The molecule has 1 heterocycles. The molecule has 0 aromatic heterocycles. The Morgan fingerprint density at radius 1 is 1.11 bits per heavy atom. The van der Waals surface area contributed by atoms with Crippen molar-refractivity contribution in [2.75, 3.05) is 43.6 Å². The molecule has 142 valence electrons. The van der Waals surface area contributed by atoms with E-state index in [9.17, 15) is 9.59 Å². The monoisotopic (exact) mass is 408 g/mol. The minimum absolute atomic E-state index is 0.247. The fourth-order valence-electron chi connectivity index (χ4n) is 2.82. The summed E-state index contributed by atoms with van der Waals surface area (Å²) in [5.74, 6) is -0.878. The minimum atomic E-state index is -0.483. The number of methoxy groups -OCH3 is 1. The standard InChI is InChI=1S/C19H18Cl2N2O4/c1-26-19(25)12-2-5-17(23-6-8-27-9-7-23)16(10-12)22-18(24)14-4-3-13(20)11-15(14)21/h2-5,10-11H,6-9H2,1H3,(H,22,24). The average molecular weight is 409 g/mol. The van der Waals surface area contributed by atoms with Crippen molar-refractivity contribution in [1.82, 2.24) is 0 Å². The third-order valence-corrected chi connectivity index (χ3v) is 4.74. The van der Waals surface area contributed by atoms with Gasteiger partial charge in [0.25, 0.3) is 5.91 Å². The predicted octanol–water partition coefficient (Wildman–Crippen LogP) is 3.87. The Hall–Kier alpha value is -2.28. The summed E-state index contributed by atoms with van der Waals surface area (Å²) in [6.45, 7) is 2.55. The summed E-state index contributed by atoms with van der Waals surface area (Å²) in [6.07, 6.45) is 0. The first kappa shape index (κ1) is 19.5. The van der Waals surface area contributed by atoms with Crippen molar-refractivity contribution in [3.63, 3.8) is 0 Å². The number of benzene rings is 2. The van der Waals surface area contributed by atoms with Crippen LogP contribution in [0.4, 0.5) is 11.4 Å². The van der Waals surface area contributed by atoms with E-state index >= 15 is 0 Å². The maximum Gasteiger partial charge on any atom is 0.337 e. The number of nitrogens with one attached hydrogen (secondary N) is 1. The summed E-state index contributed by atoms with van der Waals surface area (Å²) in [5.41, 5.74) is 1.92. The summed E-state index contributed by atoms with van der Waals surface area (Å²) in [6, 6.07) is 9.71. The van der Waals surface area contributed by atoms with Crippen molar-refractivity contribution >= 4 is 46.5 Å². The van der Waals surface area contributed by atoms with Crippen molar-refractivity contribution in [2.24, 2.45) is 0 Å². The van der Waals surface area contributed by atoms with Crippen LogP contribution in [-0.4, -0.2) is 45.3 Å². The predicted molar refractivity (Wildman–Crippen MR) is 105 cm³/mol. The maximum absolute atomic E-state index is 12.7. The molecule has 2 aromatic carbocycles. The number of ether oxygens (including phenoxy) is 2. The molecule has 1 aliphatic rings. The van der Waals surface area contributed by atoms with Crippen LogP contribution in [-0.2, 0) is 9.47 Å². The molecule has 0 saturated carbocycles. The van der Waals surface area contributed by atoms with Crippen LogP contribution in [0.3, 0.4) is 0 Å². The number of hydrogen-bond donors (Lipinski definition) is 1. The zero-order valence-electron chi connectivity index (χ0n) is 14.6. The van der Waals surface area contributed by atoms with Crippen molar-refractivity contribution in [3.8, 4) is 0 Å². The molecule has 0 aliphatic carbocycles. The molecule has 27 heavy (non-hydrogen) atoms. The van der Waals surface area contributed by atoms with E-state index in [1.165, 1.54) is 13.2 Å². The van der Waals surface area contributed by atoms with Crippen LogP contribution in [0, 0.1) is 0 Å². The molecule has 2 aromatic rings. The zero-order chi connectivity index (χ0) is 19.4. The van der Waals surface area contributed by atoms with E-state index in [1.807, 2.05) is 0 Å². The van der Waals surface area contributed by atoms with Gasteiger partial charge in [-0.25, -0.2) is 4.79 Å². The van der Waals surface area contributed by atoms with E-state index in [1.54, 1.807) is 30.3 Å². The molecule has 0 radical (unpaired) electrons.